The summed E-state index contributed by atoms with van der Waals surface area (Å²) in [6, 6.07) is 1.62. The monoisotopic (exact) mass is 324 g/mol. The molecule has 0 aliphatic heterocycles. The average Bonchev–Trinajstić information content (AvgIpc) is 2.27. The number of rotatable bonds is 3. The summed E-state index contributed by atoms with van der Waals surface area (Å²) in [5.74, 6) is 0.555. The zero-order valence-electron chi connectivity index (χ0n) is 11.5. The van der Waals surface area contributed by atoms with Gasteiger partial charge in [-0.05, 0) is 43.6 Å². The maximum Gasteiger partial charge on any atom is 0.253 e. The van der Waals surface area contributed by atoms with E-state index in [1.165, 1.54) is 0 Å². The van der Waals surface area contributed by atoms with Crippen LogP contribution in [0.5, 0.6) is 0 Å². The van der Waals surface area contributed by atoms with Gasteiger partial charge in [0.15, 0.2) is 0 Å². The lowest BCUT2D eigenvalue weighted by Gasteiger charge is -2.15. The van der Waals surface area contributed by atoms with E-state index < -0.39 is 0 Å². The van der Waals surface area contributed by atoms with Gasteiger partial charge in [-0.25, -0.2) is 4.98 Å². The maximum absolute atomic E-state index is 12.1. The van der Waals surface area contributed by atoms with E-state index in [4.69, 9.17) is 0 Å². The van der Waals surface area contributed by atoms with E-state index in [2.05, 4.69) is 31.2 Å². The SMILES string of the molecule is CCNc1nc(C)c2c(Br)cc(=O)n(C(C)C)c2n1. The first-order chi connectivity index (χ1) is 8.95. The number of halogens is 1. The molecule has 5 nitrogen and oxygen atoms in total. The predicted molar refractivity (Wildman–Crippen MR) is 80.8 cm³/mol. The number of pyridine rings is 1. The van der Waals surface area contributed by atoms with Crippen molar-refractivity contribution in [3.8, 4) is 0 Å². The molecule has 2 heterocycles. The summed E-state index contributed by atoms with van der Waals surface area (Å²) in [6.45, 7) is 8.59. The van der Waals surface area contributed by atoms with E-state index in [0.29, 0.717) is 11.6 Å². The van der Waals surface area contributed by atoms with Crippen LogP contribution in [0.15, 0.2) is 15.3 Å². The van der Waals surface area contributed by atoms with Crippen LogP contribution in [0.2, 0.25) is 0 Å². The van der Waals surface area contributed by atoms with Gasteiger partial charge in [0.05, 0.1) is 11.1 Å². The number of anilines is 1. The molecule has 0 fully saturated rings. The molecule has 2 aromatic heterocycles. The van der Waals surface area contributed by atoms with Crippen LogP contribution < -0.4 is 10.9 Å². The van der Waals surface area contributed by atoms with Crippen LogP contribution in [-0.4, -0.2) is 21.1 Å². The van der Waals surface area contributed by atoms with Gasteiger partial charge in [-0.15, -0.1) is 0 Å². The first-order valence-corrected chi connectivity index (χ1v) is 7.08. The summed E-state index contributed by atoms with van der Waals surface area (Å²) < 4.78 is 2.43. The number of nitrogens with one attached hydrogen (secondary N) is 1. The molecular weight excluding hydrogens is 308 g/mol. The zero-order valence-corrected chi connectivity index (χ0v) is 13.1. The Morgan fingerprint density at radius 2 is 2.11 bits per heavy atom. The highest BCUT2D eigenvalue weighted by atomic mass is 79.9. The third kappa shape index (κ3) is 2.49. The lowest BCUT2D eigenvalue weighted by molar-refractivity contribution is 0.594. The molecule has 0 radical (unpaired) electrons. The Kier molecular flexibility index (Phi) is 3.89. The molecule has 6 heteroatoms. The van der Waals surface area contributed by atoms with E-state index in [-0.39, 0.29) is 11.6 Å². The van der Waals surface area contributed by atoms with Crippen LogP contribution >= 0.6 is 15.9 Å². The van der Waals surface area contributed by atoms with Gasteiger partial charge in [0.2, 0.25) is 5.95 Å². The molecule has 0 aliphatic rings. The topological polar surface area (TPSA) is 59.8 Å². The molecule has 0 atom stereocenters. The quantitative estimate of drug-likeness (QED) is 0.943. The summed E-state index contributed by atoms with van der Waals surface area (Å²) in [4.78, 5) is 21.0. The number of aromatic nitrogens is 3. The lowest BCUT2D eigenvalue weighted by atomic mass is 10.2. The first kappa shape index (κ1) is 14.0. The number of fused-ring (bicyclic) bond motifs is 1. The van der Waals surface area contributed by atoms with E-state index in [9.17, 15) is 4.79 Å². The Balaban J connectivity index is 2.90. The Hall–Kier alpha value is -1.43. The van der Waals surface area contributed by atoms with Crippen molar-refractivity contribution in [2.45, 2.75) is 33.7 Å². The second kappa shape index (κ2) is 5.28. The van der Waals surface area contributed by atoms with Crippen molar-refractivity contribution in [3.05, 3.63) is 26.6 Å². The molecule has 0 saturated heterocycles. The maximum atomic E-state index is 12.1. The standard InChI is InChI=1S/C13H17BrN4O/c1-5-15-13-16-8(4)11-9(14)6-10(19)18(7(2)3)12(11)17-13/h6-7H,5H2,1-4H3,(H,15,16,17). The number of aryl methyl sites for hydroxylation is 1. The molecule has 2 rings (SSSR count). The van der Waals surface area contributed by atoms with Crippen molar-refractivity contribution in [2.24, 2.45) is 0 Å². The number of hydrogen-bond donors (Lipinski definition) is 1. The minimum atomic E-state index is -0.0603. The highest BCUT2D eigenvalue weighted by Crippen LogP contribution is 2.25. The fourth-order valence-electron chi connectivity index (χ4n) is 2.10. The summed E-state index contributed by atoms with van der Waals surface area (Å²) in [6.07, 6.45) is 0. The molecule has 0 saturated carbocycles. The fraction of sp³-hybridized carbons (Fsp3) is 0.462. The van der Waals surface area contributed by atoms with Crippen molar-refractivity contribution in [1.82, 2.24) is 14.5 Å². The molecule has 0 unspecified atom stereocenters. The third-order valence-corrected chi connectivity index (χ3v) is 3.50. The van der Waals surface area contributed by atoms with Crippen molar-refractivity contribution in [3.63, 3.8) is 0 Å². The lowest BCUT2D eigenvalue weighted by Crippen LogP contribution is -2.23. The molecule has 2 aromatic rings. The Labute approximate surface area is 120 Å². The summed E-state index contributed by atoms with van der Waals surface area (Å²) in [7, 11) is 0. The van der Waals surface area contributed by atoms with E-state index in [0.717, 1.165) is 22.1 Å². The third-order valence-electron chi connectivity index (χ3n) is 2.88. The van der Waals surface area contributed by atoms with Crippen molar-refractivity contribution in [1.29, 1.82) is 0 Å². The van der Waals surface area contributed by atoms with Gasteiger partial charge in [-0.1, -0.05) is 0 Å². The zero-order chi connectivity index (χ0) is 14.2. The first-order valence-electron chi connectivity index (χ1n) is 6.29. The summed E-state index contributed by atoms with van der Waals surface area (Å²) in [5, 5.41) is 3.98. The van der Waals surface area contributed by atoms with Crippen LogP contribution in [-0.2, 0) is 0 Å². The molecule has 19 heavy (non-hydrogen) atoms. The Bertz CT molecular complexity index is 678. The molecule has 0 aromatic carbocycles. The molecule has 0 spiro atoms. The molecular formula is C13H17BrN4O. The molecule has 1 N–H and O–H groups in total. The predicted octanol–water partition coefficient (Wildman–Crippen LogP) is 2.88. The van der Waals surface area contributed by atoms with Crippen molar-refractivity contribution < 1.29 is 0 Å². The molecule has 0 aliphatic carbocycles. The van der Waals surface area contributed by atoms with Crippen LogP contribution in [0, 0.1) is 6.92 Å². The molecule has 0 bridgehead atoms. The summed E-state index contributed by atoms with van der Waals surface area (Å²) in [5.41, 5.74) is 1.45. The van der Waals surface area contributed by atoms with Crippen LogP contribution in [0.4, 0.5) is 5.95 Å². The minimum absolute atomic E-state index is 0.0480. The van der Waals surface area contributed by atoms with E-state index in [1.807, 2.05) is 27.7 Å². The molecule has 0 amide bonds. The van der Waals surface area contributed by atoms with Crippen LogP contribution in [0.1, 0.15) is 32.5 Å². The van der Waals surface area contributed by atoms with Gasteiger partial charge in [0.1, 0.15) is 5.65 Å². The average molecular weight is 325 g/mol. The minimum Gasteiger partial charge on any atom is -0.354 e. The fourth-order valence-corrected chi connectivity index (χ4v) is 2.76. The smallest absolute Gasteiger partial charge is 0.253 e. The van der Waals surface area contributed by atoms with Crippen LogP contribution in [0.25, 0.3) is 11.0 Å². The Morgan fingerprint density at radius 3 is 2.68 bits per heavy atom. The van der Waals surface area contributed by atoms with E-state index in [1.54, 1.807) is 10.6 Å². The number of hydrogen-bond acceptors (Lipinski definition) is 4. The van der Waals surface area contributed by atoms with Gasteiger partial charge in [-0.3, -0.25) is 9.36 Å². The van der Waals surface area contributed by atoms with Crippen molar-refractivity contribution in [2.75, 3.05) is 11.9 Å². The van der Waals surface area contributed by atoms with Crippen molar-refractivity contribution >= 4 is 32.9 Å². The largest absolute Gasteiger partial charge is 0.354 e. The van der Waals surface area contributed by atoms with Gasteiger partial charge < -0.3 is 5.32 Å². The van der Waals surface area contributed by atoms with Gasteiger partial charge >= 0.3 is 0 Å². The summed E-state index contributed by atoms with van der Waals surface area (Å²) >= 11 is 3.43. The normalized spacial score (nSPS) is 11.3. The highest BCUT2D eigenvalue weighted by molar-refractivity contribution is 9.10. The van der Waals surface area contributed by atoms with Gasteiger partial charge in [0.25, 0.3) is 5.56 Å². The highest BCUT2D eigenvalue weighted by Gasteiger charge is 2.15. The van der Waals surface area contributed by atoms with Gasteiger partial charge in [0, 0.05) is 23.1 Å². The molecule has 102 valence electrons. The number of nitrogens with zero attached hydrogens (tertiary/aromatic N) is 3. The second-order valence-corrected chi connectivity index (χ2v) is 5.51. The van der Waals surface area contributed by atoms with Gasteiger partial charge in [-0.2, -0.15) is 4.98 Å². The van der Waals surface area contributed by atoms with E-state index >= 15 is 0 Å². The second-order valence-electron chi connectivity index (χ2n) is 4.66. The van der Waals surface area contributed by atoms with Crippen LogP contribution in [0.3, 0.4) is 0 Å². The Morgan fingerprint density at radius 1 is 1.42 bits per heavy atom.